The zero-order chi connectivity index (χ0) is 18.0. The molecule has 1 N–H and O–H groups in total. The van der Waals surface area contributed by atoms with Crippen molar-refractivity contribution in [1.82, 2.24) is 0 Å². The highest BCUT2D eigenvalue weighted by Crippen LogP contribution is 2.44. The van der Waals surface area contributed by atoms with Gasteiger partial charge in [0.15, 0.2) is 5.75 Å². The smallest absolute Gasteiger partial charge is 0.338 e. The van der Waals surface area contributed by atoms with E-state index in [1.54, 1.807) is 13.0 Å². The largest absolute Gasteiger partial charge is 0.507 e. The number of rotatable bonds is 4. The maximum atomic E-state index is 12.1. The van der Waals surface area contributed by atoms with Crippen LogP contribution >= 0.6 is 11.8 Å². The van der Waals surface area contributed by atoms with Gasteiger partial charge in [-0.15, -0.1) is 0 Å². The Balaban J connectivity index is 2.18. The first-order chi connectivity index (χ1) is 12.0. The SMILES string of the molecule is C=C(C)C(=O)Oc1c(Sc2ccccc2)cc(O)c2cc(C)ccc12. The van der Waals surface area contributed by atoms with E-state index in [-0.39, 0.29) is 5.75 Å². The third-order valence-electron chi connectivity index (χ3n) is 3.70. The molecule has 3 aromatic rings. The van der Waals surface area contributed by atoms with E-state index in [9.17, 15) is 9.90 Å². The molecule has 0 fully saturated rings. The Labute approximate surface area is 150 Å². The van der Waals surface area contributed by atoms with Crippen LogP contribution in [0.4, 0.5) is 0 Å². The van der Waals surface area contributed by atoms with E-state index in [1.165, 1.54) is 11.8 Å². The number of hydrogen-bond acceptors (Lipinski definition) is 4. The highest BCUT2D eigenvalue weighted by Gasteiger charge is 2.18. The minimum atomic E-state index is -0.484. The van der Waals surface area contributed by atoms with E-state index in [1.807, 2.05) is 55.5 Å². The summed E-state index contributed by atoms with van der Waals surface area (Å²) in [6, 6.07) is 17.0. The second-order valence-electron chi connectivity index (χ2n) is 5.86. The molecule has 0 aliphatic heterocycles. The quantitative estimate of drug-likeness (QED) is 0.384. The van der Waals surface area contributed by atoms with E-state index in [4.69, 9.17) is 4.74 Å². The molecule has 0 bridgehead atoms. The molecule has 0 amide bonds. The maximum absolute atomic E-state index is 12.1. The standard InChI is InChI=1S/C21H18O3S/c1-13(2)21(23)24-20-16-10-9-14(3)11-17(16)18(22)12-19(20)25-15-7-5-4-6-8-15/h4-12,22H,1H2,2-3H3. The van der Waals surface area contributed by atoms with E-state index in [2.05, 4.69) is 6.58 Å². The molecule has 0 radical (unpaired) electrons. The number of benzene rings is 3. The summed E-state index contributed by atoms with van der Waals surface area (Å²) in [5.41, 5.74) is 1.34. The predicted octanol–water partition coefficient (Wildman–Crippen LogP) is 5.49. The molecule has 0 aliphatic carbocycles. The summed E-state index contributed by atoms with van der Waals surface area (Å²) in [5.74, 6) is 0.115. The molecule has 0 spiro atoms. The fraction of sp³-hybridized carbons (Fsp3) is 0.0952. The Morgan fingerprint density at radius 1 is 1.08 bits per heavy atom. The molecular formula is C21H18O3S. The van der Waals surface area contributed by atoms with Crippen LogP contribution in [-0.2, 0) is 4.79 Å². The highest BCUT2D eigenvalue weighted by molar-refractivity contribution is 7.99. The van der Waals surface area contributed by atoms with E-state index in [0.717, 1.165) is 10.5 Å². The van der Waals surface area contributed by atoms with E-state index >= 15 is 0 Å². The van der Waals surface area contributed by atoms with Crippen LogP contribution in [0.5, 0.6) is 11.5 Å². The number of fused-ring (bicyclic) bond motifs is 1. The lowest BCUT2D eigenvalue weighted by molar-refractivity contribution is -0.130. The third kappa shape index (κ3) is 3.69. The molecule has 0 aromatic heterocycles. The summed E-state index contributed by atoms with van der Waals surface area (Å²) >= 11 is 1.43. The van der Waals surface area contributed by atoms with Gasteiger partial charge in [0.05, 0.1) is 4.90 Å². The van der Waals surface area contributed by atoms with Crippen LogP contribution in [0, 0.1) is 6.92 Å². The fourth-order valence-electron chi connectivity index (χ4n) is 2.44. The number of ether oxygens (including phenoxy) is 1. The maximum Gasteiger partial charge on any atom is 0.338 e. The minimum absolute atomic E-state index is 0.159. The Morgan fingerprint density at radius 3 is 2.48 bits per heavy atom. The first kappa shape index (κ1) is 17.1. The first-order valence-corrected chi connectivity index (χ1v) is 8.64. The van der Waals surface area contributed by atoms with Crippen LogP contribution in [-0.4, -0.2) is 11.1 Å². The van der Waals surface area contributed by atoms with Crippen molar-refractivity contribution in [3.05, 3.63) is 72.3 Å². The van der Waals surface area contributed by atoms with Crippen molar-refractivity contribution in [3.8, 4) is 11.5 Å². The summed E-state index contributed by atoms with van der Waals surface area (Å²) in [5, 5.41) is 11.8. The van der Waals surface area contributed by atoms with Gasteiger partial charge in [0, 0.05) is 21.2 Å². The molecule has 0 atom stereocenters. The average molecular weight is 350 g/mol. The lowest BCUT2D eigenvalue weighted by Crippen LogP contribution is -2.09. The molecule has 0 heterocycles. The Morgan fingerprint density at radius 2 is 1.80 bits per heavy atom. The van der Waals surface area contributed by atoms with Crippen LogP contribution < -0.4 is 4.74 Å². The second kappa shape index (κ2) is 7.03. The minimum Gasteiger partial charge on any atom is -0.507 e. The molecule has 0 saturated carbocycles. The van der Waals surface area contributed by atoms with Crippen molar-refractivity contribution >= 4 is 28.5 Å². The first-order valence-electron chi connectivity index (χ1n) is 7.82. The Hall–Kier alpha value is -2.72. The molecule has 4 heteroatoms. The number of carbonyl (C=O) groups is 1. The number of phenols is 1. The van der Waals surface area contributed by atoms with Gasteiger partial charge in [-0.3, -0.25) is 0 Å². The summed E-state index contributed by atoms with van der Waals surface area (Å²) in [6.07, 6.45) is 0. The number of esters is 1. The Kier molecular flexibility index (Phi) is 4.81. The van der Waals surface area contributed by atoms with Crippen LogP contribution in [0.25, 0.3) is 10.8 Å². The van der Waals surface area contributed by atoms with Gasteiger partial charge in [0.1, 0.15) is 5.75 Å². The number of phenolic OH excluding ortho intramolecular Hbond substituents is 1. The lowest BCUT2D eigenvalue weighted by atomic mass is 10.1. The van der Waals surface area contributed by atoms with Crippen molar-refractivity contribution in [2.24, 2.45) is 0 Å². The number of aryl methyl sites for hydroxylation is 1. The average Bonchev–Trinajstić information content (AvgIpc) is 2.59. The van der Waals surface area contributed by atoms with Gasteiger partial charge in [-0.25, -0.2) is 4.79 Å². The van der Waals surface area contributed by atoms with Crippen molar-refractivity contribution < 1.29 is 14.6 Å². The zero-order valence-corrected chi connectivity index (χ0v) is 14.9. The Bertz CT molecular complexity index is 962. The fourth-order valence-corrected chi connectivity index (χ4v) is 3.41. The van der Waals surface area contributed by atoms with Crippen molar-refractivity contribution in [2.45, 2.75) is 23.6 Å². The van der Waals surface area contributed by atoms with Gasteiger partial charge in [-0.2, -0.15) is 0 Å². The van der Waals surface area contributed by atoms with Crippen LogP contribution in [0.3, 0.4) is 0 Å². The summed E-state index contributed by atoms with van der Waals surface area (Å²) in [4.78, 5) is 13.8. The van der Waals surface area contributed by atoms with Crippen molar-refractivity contribution in [2.75, 3.05) is 0 Å². The molecule has 3 rings (SSSR count). The zero-order valence-electron chi connectivity index (χ0n) is 14.1. The molecule has 126 valence electrons. The summed E-state index contributed by atoms with van der Waals surface area (Å²) in [6.45, 7) is 7.21. The summed E-state index contributed by atoms with van der Waals surface area (Å²) in [7, 11) is 0. The molecular weight excluding hydrogens is 332 g/mol. The van der Waals surface area contributed by atoms with Gasteiger partial charge in [0.2, 0.25) is 0 Å². The highest BCUT2D eigenvalue weighted by atomic mass is 32.2. The van der Waals surface area contributed by atoms with Crippen LogP contribution in [0.15, 0.2) is 76.5 Å². The van der Waals surface area contributed by atoms with Crippen LogP contribution in [0.1, 0.15) is 12.5 Å². The third-order valence-corrected chi connectivity index (χ3v) is 4.73. The van der Waals surface area contributed by atoms with Crippen molar-refractivity contribution in [1.29, 1.82) is 0 Å². The molecule has 0 unspecified atom stereocenters. The van der Waals surface area contributed by atoms with E-state index < -0.39 is 5.97 Å². The lowest BCUT2D eigenvalue weighted by Gasteiger charge is -2.15. The van der Waals surface area contributed by atoms with Gasteiger partial charge in [0.25, 0.3) is 0 Å². The number of carbonyl (C=O) groups excluding carboxylic acids is 1. The van der Waals surface area contributed by atoms with Crippen LogP contribution in [0.2, 0.25) is 0 Å². The normalized spacial score (nSPS) is 10.6. The molecule has 0 aliphatic rings. The van der Waals surface area contributed by atoms with E-state index in [0.29, 0.717) is 27.0 Å². The number of aromatic hydroxyl groups is 1. The van der Waals surface area contributed by atoms with Gasteiger partial charge in [-0.05, 0) is 38.1 Å². The monoisotopic (exact) mass is 350 g/mol. The van der Waals surface area contributed by atoms with Gasteiger partial charge >= 0.3 is 5.97 Å². The molecule has 3 aromatic carbocycles. The van der Waals surface area contributed by atoms with Gasteiger partial charge < -0.3 is 9.84 Å². The molecule has 25 heavy (non-hydrogen) atoms. The second-order valence-corrected chi connectivity index (χ2v) is 6.97. The van der Waals surface area contributed by atoms with Crippen molar-refractivity contribution in [3.63, 3.8) is 0 Å². The summed E-state index contributed by atoms with van der Waals surface area (Å²) < 4.78 is 5.62. The number of hydrogen-bond donors (Lipinski definition) is 1. The molecule has 3 nitrogen and oxygen atoms in total. The van der Waals surface area contributed by atoms with Gasteiger partial charge in [-0.1, -0.05) is 54.2 Å². The topological polar surface area (TPSA) is 46.5 Å². The molecule has 0 saturated heterocycles. The predicted molar refractivity (Wildman–Crippen MR) is 101 cm³/mol.